The molecule has 0 aliphatic rings. The molecule has 0 saturated heterocycles. The normalized spacial score (nSPS) is 10.4. The van der Waals surface area contributed by atoms with E-state index in [0.717, 1.165) is 18.4 Å². The van der Waals surface area contributed by atoms with Crippen molar-refractivity contribution in [1.29, 1.82) is 0 Å². The summed E-state index contributed by atoms with van der Waals surface area (Å²) >= 11 is 6.26. The lowest BCUT2D eigenvalue weighted by molar-refractivity contribution is -0.116. The zero-order valence-corrected chi connectivity index (χ0v) is 18.1. The standard InChI is InChI=1S/C25H25ClN2O3/c1-2-8-24(29)27-19-13-14-21(26)22(17-19)28-25(30)20-11-6-7-12-23(20)31-16-15-18-9-4-3-5-10-18/h3-7,9-14,17H,2,8,15-16H2,1H3,(H,27,29)(H,28,30). The summed E-state index contributed by atoms with van der Waals surface area (Å²) in [6.45, 7) is 2.39. The Balaban J connectivity index is 1.68. The number of halogens is 1. The summed E-state index contributed by atoms with van der Waals surface area (Å²) in [5.74, 6) is 0.0768. The van der Waals surface area contributed by atoms with E-state index in [9.17, 15) is 9.59 Å². The van der Waals surface area contributed by atoms with E-state index in [1.54, 1.807) is 36.4 Å². The Kier molecular flexibility index (Phi) is 8.07. The highest BCUT2D eigenvalue weighted by Crippen LogP contribution is 2.27. The summed E-state index contributed by atoms with van der Waals surface area (Å²) in [5.41, 5.74) is 2.57. The molecular formula is C25H25ClN2O3. The van der Waals surface area contributed by atoms with Crippen LogP contribution >= 0.6 is 11.6 Å². The zero-order valence-electron chi connectivity index (χ0n) is 17.4. The maximum atomic E-state index is 12.9. The summed E-state index contributed by atoms with van der Waals surface area (Å²) in [7, 11) is 0. The molecule has 0 spiro atoms. The lowest BCUT2D eigenvalue weighted by atomic mass is 10.1. The SMILES string of the molecule is CCCC(=O)Nc1ccc(Cl)c(NC(=O)c2ccccc2OCCc2ccccc2)c1. The van der Waals surface area contributed by atoms with Crippen LogP contribution in [0.4, 0.5) is 11.4 Å². The first-order valence-corrected chi connectivity index (χ1v) is 10.6. The van der Waals surface area contributed by atoms with Crippen molar-refractivity contribution in [2.24, 2.45) is 0 Å². The molecule has 160 valence electrons. The van der Waals surface area contributed by atoms with Crippen LogP contribution < -0.4 is 15.4 Å². The van der Waals surface area contributed by atoms with Crippen molar-refractivity contribution in [3.63, 3.8) is 0 Å². The molecule has 2 N–H and O–H groups in total. The largest absolute Gasteiger partial charge is 0.492 e. The molecule has 2 amide bonds. The Labute approximate surface area is 187 Å². The molecule has 0 heterocycles. The van der Waals surface area contributed by atoms with Crippen LogP contribution in [0.15, 0.2) is 72.8 Å². The minimum absolute atomic E-state index is 0.0840. The van der Waals surface area contributed by atoms with E-state index in [1.165, 1.54) is 0 Å². The lowest BCUT2D eigenvalue weighted by Crippen LogP contribution is -2.15. The van der Waals surface area contributed by atoms with Crippen LogP contribution in [-0.4, -0.2) is 18.4 Å². The third-order valence-corrected chi connectivity index (χ3v) is 4.93. The molecule has 6 heteroatoms. The highest BCUT2D eigenvalue weighted by molar-refractivity contribution is 6.34. The smallest absolute Gasteiger partial charge is 0.259 e. The number of nitrogens with one attached hydrogen (secondary N) is 2. The summed E-state index contributed by atoms with van der Waals surface area (Å²) in [6.07, 6.45) is 1.92. The second-order valence-electron chi connectivity index (χ2n) is 7.03. The maximum absolute atomic E-state index is 12.9. The van der Waals surface area contributed by atoms with Crippen LogP contribution in [-0.2, 0) is 11.2 Å². The van der Waals surface area contributed by atoms with Crippen LogP contribution in [0.5, 0.6) is 5.75 Å². The van der Waals surface area contributed by atoms with E-state index in [0.29, 0.717) is 40.7 Å². The highest BCUT2D eigenvalue weighted by Gasteiger charge is 2.14. The first-order valence-electron chi connectivity index (χ1n) is 10.2. The van der Waals surface area contributed by atoms with Gasteiger partial charge in [0.05, 0.1) is 22.9 Å². The molecule has 0 fully saturated rings. The predicted molar refractivity (Wildman–Crippen MR) is 125 cm³/mol. The van der Waals surface area contributed by atoms with Crippen molar-refractivity contribution in [3.05, 3.63) is 88.9 Å². The van der Waals surface area contributed by atoms with E-state index in [-0.39, 0.29) is 11.8 Å². The number of benzene rings is 3. The van der Waals surface area contributed by atoms with Gasteiger partial charge in [-0.15, -0.1) is 0 Å². The zero-order chi connectivity index (χ0) is 22.1. The molecule has 3 rings (SSSR count). The van der Waals surface area contributed by atoms with Gasteiger partial charge in [-0.2, -0.15) is 0 Å². The van der Waals surface area contributed by atoms with Gasteiger partial charge in [0, 0.05) is 18.5 Å². The average Bonchev–Trinajstić information content (AvgIpc) is 2.77. The fourth-order valence-corrected chi connectivity index (χ4v) is 3.21. The topological polar surface area (TPSA) is 67.4 Å². The molecule has 0 aromatic heterocycles. The van der Waals surface area contributed by atoms with Crippen LogP contribution in [0.25, 0.3) is 0 Å². The summed E-state index contributed by atoms with van der Waals surface area (Å²) in [5, 5.41) is 6.00. The second kappa shape index (κ2) is 11.2. The van der Waals surface area contributed by atoms with E-state index >= 15 is 0 Å². The van der Waals surface area contributed by atoms with Crippen molar-refractivity contribution in [3.8, 4) is 5.75 Å². The van der Waals surface area contributed by atoms with Crippen LogP contribution in [0, 0.1) is 0 Å². The quantitative estimate of drug-likeness (QED) is 0.435. The van der Waals surface area contributed by atoms with Crippen LogP contribution in [0.3, 0.4) is 0 Å². The molecule has 0 radical (unpaired) electrons. The third kappa shape index (κ3) is 6.59. The molecule has 0 aliphatic carbocycles. The predicted octanol–water partition coefficient (Wildman–Crippen LogP) is 5.95. The Morgan fingerprint density at radius 1 is 0.935 bits per heavy atom. The minimum Gasteiger partial charge on any atom is -0.492 e. The number of hydrogen-bond donors (Lipinski definition) is 2. The molecule has 31 heavy (non-hydrogen) atoms. The van der Waals surface area contributed by atoms with Gasteiger partial charge in [-0.3, -0.25) is 9.59 Å². The number of amides is 2. The Bertz CT molecular complexity index is 1040. The Morgan fingerprint density at radius 2 is 1.68 bits per heavy atom. The minimum atomic E-state index is -0.339. The van der Waals surface area contributed by atoms with Crippen molar-refractivity contribution >= 4 is 34.8 Å². The van der Waals surface area contributed by atoms with Crippen LogP contribution in [0.1, 0.15) is 35.7 Å². The number of hydrogen-bond acceptors (Lipinski definition) is 3. The van der Waals surface area contributed by atoms with Gasteiger partial charge in [0.15, 0.2) is 0 Å². The summed E-state index contributed by atoms with van der Waals surface area (Å²) < 4.78 is 5.88. The molecule has 3 aromatic rings. The van der Waals surface area contributed by atoms with Gasteiger partial charge in [-0.1, -0.05) is 61.0 Å². The number of para-hydroxylation sites is 1. The maximum Gasteiger partial charge on any atom is 0.259 e. The van der Waals surface area contributed by atoms with Gasteiger partial charge in [0.2, 0.25) is 5.91 Å². The average molecular weight is 437 g/mol. The highest BCUT2D eigenvalue weighted by atomic mass is 35.5. The van der Waals surface area contributed by atoms with Crippen molar-refractivity contribution in [2.45, 2.75) is 26.2 Å². The number of anilines is 2. The number of carbonyl (C=O) groups is 2. The molecule has 0 unspecified atom stereocenters. The number of ether oxygens (including phenoxy) is 1. The van der Waals surface area contributed by atoms with Gasteiger partial charge >= 0.3 is 0 Å². The fraction of sp³-hybridized carbons (Fsp3) is 0.200. The van der Waals surface area contributed by atoms with E-state index in [1.807, 2.05) is 43.3 Å². The molecule has 0 aliphatic heterocycles. The first kappa shape index (κ1) is 22.4. The molecule has 0 bridgehead atoms. The molecule has 0 atom stereocenters. The van der Waals surface area contributed by atoms with Crippen LogP contribution in [0.2, 0.25) is 5.02 Å². The van der Waals surface area contributed by atoms with Gasteiger partial charge in [0.25, 0.3) is 5.91 Å². The van der Waals surface area contributed by atoms with Crippen molar-refractivity contribution < 1.29 is 14.3 Å². The molecule has 5 nitrogen and oxygen atoms in total. The molecule has 3 aromatic carbocycles. The Morgan fingerprint density at radius 3 is 2.45 bits per heavy atom. The van der Waals surface area contributed by atoms with Crippen molar-refractivity contribution in [1.82, 2.24) is 0 Å². The lowest BCUT2D eigenvalue weighted by Gasteiger charge is -2.13. The van der Waals surface area contributed by atoms with Gasteiger partial charge < -0.3 is 15.4 Å². The molecular weight excluding hydrogens is 412 g/mol. The molecule has 0 saturated carbocycles. The van der Waals surface area contributed by atoms with E-state index in [2.05, 4.69) is 10.6 Å². The number of carbonyl (C=O) groups excluding carboxylic acids is 2. The monoisotopic (exact) mass is 436 g/mol. The van der Waals surface area contributed by atoms with Crippen molar-refractivity contribution in [2.75, 3.05) is 17.2 Å². The summed E-state index contributed by atoms with van der Waals surface area (Å²) in [4.78, 5) is 24.8. The first-order chi connectivity index (χ1) is 15.1. The van der Waals surface area contributed by atoms with Gasteiger partial charge in [0.1, 0.15) is 5.75 Å². The van der Waals surface area contributed by atoms with Gasteiger partial charge in [-0.05, 0) is 42.3 Å². The fourth-order valence-electron chi connectivity index (χ4n) is 3.04. The van der Waals surface area contributed by atoms with E-state index < -0.39 is 0 Å². The number of rotatable bonds is 9. The third-order valence-electron chi connectivity index (χ3n) is 4.60. The Hall–Kier alpha value is -3.31. The second-order valence-corrected chi connectivity index (χ2v) is 7.43. The van der Waals surface area contributed by atoms with E-state index in [4.69, 9.17) is 16.3 Å². The van der Waals surface area contributed by atoms with Gasteiger partial charge in [-0.25, -0.2) is 0 Å². The summed E-state index contributed by atoms with van der Waals surface area (Å²) in [6, 6.07) is 22.1.